The van der Waals surface area contributed by atoms with Crippen LogP contribution < -0.4 is 10.1 Å². The van der Waals surface area contributed by atoms with Crippen molar-refractivity contribution >= 4 is 46.4 Å². The van der Waals surface area contributed by atoms with Crippen molar-refractivity contribution in [2.75, 3.05) is 33.5 Å². The zero-order chi connectivity index (χ0) is 46.2. The van der Waals surface area contributed by atoms with Gasteiger partial charge in [0, 0.05) is 44.3 Å². The Bertz CT molecular complexity index is 1800. The molecule has 3 heterocycles. The first-order valence-electron chi connectivity index (χ1n) is 22.6. The molecule has 0 radical (unpaired) electrons. The van der Waals surface area contributed by atoms with Crippen LogP contribution in [0, 0.1) is 29.1 Å². The molecule has 1 aromatic rings. The largest absolute Gasteiger partial charge is 0.497 e. The SMILES string of the molecule is CCC(C)C1C(=O)N2CCCC2C(=O)OC(C(C)CC(C)(C)C)CC(C)CC(O)C(C)C2=NC(C=C(C)C(=O)NC(Cc3ccc(OC)cc3)C(=O)N(C)C(C)C(=O)N1C)CS2. The lowest BCUT2D eigenvalue weighted by atomic mass is 9.80. The molecule has 62 heavy (non-hydrogen) atoms. The summed E-state index contributed by atoms with van der Waals surface area (Å²) in [6, 6.07) is 3.19. The van der Waals surface area contributed by atoms with Gasteiger partial charge in [0.05, 0.1) is 24.3 Å². The van der Waals surface area contributed by atoms with Crippen LogP contribution in [-0.4, -0.2) is 130 Å². The van der Waals surface area contributed by atoms with Gasteiger partial charge in [0.25, 0.3) is 0 Å². The van der Waals surface area contributed by atoms with Gasteiger partial charge in [0.1, 0.15) is 36.0 Å². The number of hydrogen-bond acceptors (Lipinski definition) is 10. The van der Waals surface area contributed by atoms with E-state index in [1.165, 1.54) is 16.8 Å². The summed E-state index contributed by atoms with van der Waals surface area (Å²) >= 11 is 1.57. The second-order valence-corrected chi connectivity index (χ2v) is 20.6. The first-order valence-corrected chi connectivity index (χ1v) is 23.6. The number of aliphatic hydroxyl groups is 1. The van der Waals surface area contributed by atoms with E-state index in [-0.39, 0.29) is 47.5 Å². The molecule has 2 N–H and O–H groups in total. The number of carbonyl (C=O) groups excluding carboxylic acids is 5. The fourth-order valence-corrected chi connectivity index (χ4v) is 10.2. The van der Waals surface area contributed by atoms with E-state index in [9.17, 15) is 29.1 Å². The van der Waals surface area contributed by atoms with Crippen molar-refractivity contribution in [1.29, 1.82) is 0 Å². The van der Waals surface area contributed by atoms with Gasteiger partial charge in [0.2, 0.25) is 23.6 Å². The van der Waals surface area contributed by atoms with Crippen LogP contribution in [0.15, 0.2) is 40.9 Å². The molecule has 14 heteroatoms. The monoisotopic (exact) mass is 882 g/mol. The number of nitrogens with one attached hydrogen (secondary N) is 1. The third-order valence-corrected chi connectivity index (χ3v) is 14.4. The Kier molecular flexibility index (Phi) is 18.1. The van der Waals surface area contributed by atoms with E-state index in [1.807, 2.05) is 32.9 Å². The van der Waals surface area contributed by atoms with Gasteiger partial charge in [-0.2, -0.15) is 0 Å². The van der Waals surface area contributed by atoms with E-state index in [4.69, 9.17) is 14.5 Å². The van der Waals surface area contributed by atoms with Gasteiger partial charge in [-0.3, -0.25) is 24.2 Å². The summed E-state index contributed by atoms with van der Waals surface area (Å²) in [7, 11) is 4.69. The van der Waals surface area contributed by atoms with E-state index in [1.54, 1.807) is 62.9 Å². The van der Waals surface area contributed by atoms with Gasteiger partial charge in [-0.15, -0.1) is 11.8 Å². The van der Waals surface area contributed by atoms with Gasteiger partial charge >= 0.3 is 5.97 Å². The summed E-state index contributed by atoms with van der Waals surface area (Å²) in [5.41, 5.74) is 1.15. The number of nitrogens with zero attached hydrogens (tertiary/aromatic N) is 4. The number of hydrogen-bond donors (Lipinski definition) is 2. The van der Waals surface area contributed by atoms with Crippen molar-refractivity contribution in [3.05, 3.63) is 41.5 Å². The number of fused-ring (bicyclic) bond motifs is 2. The number of benzene rings is 1. The smallest absolute Gasteiger partial charge is 0.329 e. The molecule has 0 aliphatic carbocycles. The molecule has 3 aliphatic heterocycles. The number of methoxy groups -OCH3 is 1. The molecule has 2 bridgehead atoms. The number of thioether (sulfide) groups is 1. The van der Waals surface area contributed by atoms with Crippen LogP contribution in [0.1, 0.15) is 113 Å². The Morgan fingerprint density at radius 1 is 0.968 bits per heavy atom. The molecule has 1 fully saturated rings. The quantitative estimate of drug-likeness (QED) is 0.300. The maximum absolute atomic E-state index is 14.7. The number of carbonyl (C=O) groups is 5. The number of esters is 1. The average molecular weight is 882 g/mol. The summed E-state index contributed by atoms with van der Waals surface area (Å²) in [5.74, 6) is -1.37. The van der Waals surface area contributed by atoms with E-state index >= 15 is 0 Å². The summed E-state index contributed by atoms with van der Waals surface area (Å²) in [6.45, 7) is 20.2. The molecule has 11 unspecified atom stereocenters. The summed E-state index contributed by atoms with van der Waals surface area (Å²) in [4.78, 5) is 81.0. The minimum Gasteiger partial charge on any atom is -0.497 e. The van der Waals surface area contributed by atoms with E-state index in [0.717, 1.165) is 17.0 Å². The summed E-state index contributed by atoms with van der Waals surface area (Å²) < 4.78 is 11.8. The highest BCUT2D eigenvalue weighted by molar-refractivity contribution is 8.14. The van der Waals surface area contributed by atoms with Crippen LogP contribution in [0.4, 0.5) is 0 Å². The zero-order valence-electron chi connectivity index (χ0n) is 39.6. The fourth-order valence-electron chi connectivity index (χ4n) is 9.07. The minimum absolute atomic E-state index is 0.000217. The Hall–Kier alpha value is -3.91. The Morgan fingerprint density at radius 3 is 2.24 bits per heavy atom. The Balaban J connectivity index is 1.75. The molecular weight excluding hydrogens is 807 g/mol. The lowest BCUT2D eigenvalue weighted by Crippen LogP contribution is -2.59. The predicted molar refractivity (Wildman–Crippen MR) is 246 cm³/mol. The van der Waals surface area contributed by atoms with E-state index < -0.39 is 60.1 Å². The second-order valence-electron chi connectivity index (χ2n) is 19.5. The lowest BCUT2D eigenvalue weighted by molar-refractivity contribution is -0.164. The maximum Gasteiger partial charge on any atom is 0.329 e. The van der Waals surface area contributed by atoms with Gasteiger partial charge in [0.15, 0.2) is 0 Å². The molecule has 0 aromatic heterocycles. The number of rotatable bonds is 7. The third-order valence-electron chi connectivity index (χ3n) is 13.1. The number of amides is 4. The highest BCUT2D eigenvalue weighted by atomic mass is 32.2. The van der Waals surface area contributed by atoms with Crippen molar-refractivity contribution in [2.45, 2.75) is 157 Å². The van der Waals surface area contributed by atoms with Crippen molar-refractivity contribution in [2.24, 2.45) is 34.1 Å². The normalized spacial score (nSPS) is 30.4. The molecule has 13 nitrogen and oxygen atoms in total. The maximum atomic E-state index is 14.7. The molecule has 4 rings (SSSR count). The number of cyclic esters (lactones) is 1. The molecule has 1 saturated heterocycles. The van der Waals surface area contributed by atoms with Crippen molar-refractivity contribution in [3.63, 3.8) is 0 Å². The molecule has 0 saturated carbocycles. The van der Waals surface area contributed by atoms with Crippen LogP contribution in [0.2, 0.25) is 0 Å². The van der Waals surface area contributed by atoms with E-state index in [0.29, 0.717) is 55.7 Å². The standard InChI is InChI=1S/C48H75N5O8S/c1-14-29(3)41-46(58)53-21-15-16-38(53)47(59)61-40(31(5)26-48(8,9)10)23-28(2)22-39(54)32(6)43-49-35(27-62-43)24-30(4)42(55)50-37(25-34-17-19-36(60-13)20-18-34)45(57)51(11)33(7)44(56)52(41)12/h17-20,24,28-29,31-33,35,37-41,54H,14-16,21-23,25-27H2,1-13H3,(H,50,55). The molecule has 11 atom stereocenters. The van der Waals surface area contributed by atoms with Crippen molar-refractivity contribution < 1.29 is 38.6 Å². The van der Waals surface area contributed by atoms with Crippen molar-refractivity contribution in [1.82, 2.24) is 20.0 Å². The molecule has 3 aliphatic rings. The van der Waals surface area contributed by atoms with Crippen LogP contribution in [0.25, 0.3) is 0 Å². The van der Waals surface area contributed by atoms with Gasteiger partial charge in [-0.05, 0) is 86.8 Å². The first kappa shape index (κ1) is 50.7. The number of ether oxygens (including phenoxy) is 2. The van der Waals surface area contributed by atoms with Gasteiger partial charge < -0.3 is 34.6 Å². The van der Waals surface area contributed by atoms with Crippen LogP contribution >= 0.6 is 11.8 Å². The highest BCUT2D eigenvalue weighted by Gasteiger charge is 2.44. The third kappa shape index (κ3) is 13.1. The first-order chi connectivity index (χ1) is 29.1. The molecule has 346 valence electrons. The molecule has 4 amide bonds. The Morgan fingerprint density at radius 2 is 1.63 bits per heavy atom. The lowest BCUT2D eigenvalue weighted by Gasteiger charge is -2.39. The molecule has 0 spiro atoms. The highest BCUT2D eigenvalue weighted by Crippen LogP contribution is 2.34. The predicted octanol–water partition coefficient (Wildman–Crippen LogP) is 6.30. The summed E-state index contributed by atoms with van der Waals surface area (Å²) in [6.07, 6.45) is 4.29. The zero-order valence-corrected chi connectivity index (χ0v) is 40.4. The Labute approximate surface area is 375 Å². The van der Waals surface area contributed by atoms with E-state index in [2.05, 4.69) is 39.9 Å². The average Bonchev–Trinajstić information content (AvgIpc) is 3.91. The van der Waals surface area contributed by atoms with Crippen LogP contribution in [0.3, 0.4) is 0 Å². The van der Waals surface area contributed by atoms with Gasteiger partial charge in [-0.25, -0.2) is 4.79 Å². The number of aliphatic hydroxyl groups excluding tert-OH is 1. The number of aliphatic imine (C=N–C) groups is 1. The second kappa shape index (κ2) is 22.1. The van der Waals surface area contributed by atoms with Crippen LogP contribution in [0.5, 0.6) is 5.75 Å². The van der Waals surface area contributed by atoms with Crippen LogP contribution in [-0.2, 0) is 35.1 Å². The van der Waals surface area contributed by atoms with Gasteiger partial charge in [-0.1, -0.05) is 80.0 Å². The van der Waals surface area contributed by atoms with Crippen molar-refractivity contribution in [3.8, 4) is 5.75 Å². The minimum atomic E-state index is -1.04. The number of likely N-dealkylation sites (N-methyl/N-ethyl adjacent to an activating group) is 2. The summed E-state index contributed by atoms with van der Waals surface area (Å²) in [5, 5.41) is 15.3. The topological polar surface area (TPSA) is 158 Å². The molecular formula is C48H75N5O8S. The fraction of sp³-hybridized carbons (Fsp3) is 0.708. The molecule has 1 aromatic carbocycles.